The lowest BCUT2D eigenvalue weighted by Crippen LogP contribution is -2.28. The van der Waals surface area contributed by atoms with Gasteiger partial charge in [-0.05, 0) is 37.6 Å². The molecule has 1 unspecified atom stereocenters. The summed E-state index contributed by atoms with van der Waals surface area (Å²) in [7, 11) is 0. The number of nitrogens with zero attached hydrogens (tertiary/aromatic N) is 1. The van der Waals surface area contributed by atoms with E-state index < -0.39 is 0 Å². The quantitative estimate of drug-likeness (QED) is 0.860. The Morgan fingerprint density at radius 3 is 2.86 bits per heavy atom. The number of aryl methyl sites for hydroxylation is 1. The highest BCUT2D eigenvalue weighted by Crippen LogP contribution is 2.18. The lowest BCUT2D eigenvalue weighted by Gasteiger charge is -2.12. The van der Waals surface area contributed by atoms with Crippen LogP contribution < -0.4 is 10.6 Å². The molecule has 1 amide bonds. The van der Waals surface area contributed by atoms with Gasteiger partial charge in [0.25, 0.3) is 5.91 Å². The third kappa shape index (κ3) is 4.04. The normalized spacial score (nSPS) is 12.0. The van der Waals surface area contributed by atoms with E-state index in [2.05, 4.69) is 29.5 Å². The van der Waals surface area contributed by atoms with Gasteiger partial charge in [0, 0.05) is 41.8 Å². The summed E-state index contributed by atoms with van der Waals surface area (Å²) in [6.45, 7) is 7.55. The van der Waals surface area contributed by atoms with Crippen molar-refractivity contribution in [2.24, 2.45) is 0 Å². The van der Waals surface area contributed by atoms with Crippen molar-refractivity contribution < 1.29 is 4.79 Å². The van der Waals surface area contributed by atoms with Crippen molar-refractivity contribution in [3.8, 4) is 0 Å². The summed E-state index contributed by atoms with van der Waals surface area (Å²) in [5.41, 5.74) is 2.75. The van der Waals surface area contributed by atoms with Gasteiger partial charge in [-0.2, -0.15) is 0 Å². The van der Waals surface area contributed by atoms with Crippen LogP contribution in [0.25, 0.3) is 0 Å². The first kappa shape index (κ1) is 15.5. The molecule has 0 spiro atoms. The first-order valence-electron chi connectivity index (χ1n) is 7.14. The van der Waals surface area contributed by atoms with E-state index in [1.165, 1.54) is 0 Å². The largest absolute Gasteiger partial charge is 0.385 e. The lowest BCUT2D eigenvalue weighted by atomic mass is 10.1. The molecule has 0 radical (unpaired) electrons. The summed E-state index contributed by atoms with van der Waals surface area (Å²) < 4.78 is 0. The Morgan fingerprint density at radius 1 is 1.43 bits per heavy atom. The number of hydrogen-bond donors (Lipinski definition) is 2. The molecular formula is C16H21N3OS. The molecule has 2 N–H and O–H groups in total. The monoisotopic (exact) mass is 303 g/mol. The van der Waals surface area contributed by atoms with Crippen molar-refractivity contribution in [3.05, 3.63) is 45.9 Å². The van der Waals surface area contributed by atoms with E-state index in [0.717, 1.165) is 28.4 Å². The summed E-state index contributed by atoms with van der Waals surface area (Å²) >= 11 is 1.62. The number of nitrogens with one attached hydrogen (secondary N) is 2. The van der Waals surface area contributed by atoms with Gasteiger partial charge >= 0.3 is 0 Å². The van der Waals surface area contributed by atoms with Crippen LogP contribution in [-0.4, -0.2) is 24.0 Å². The van der Waals surface area contributed by atoms with Crippen LogP contribution in [0.5, 0.6) is 0 Å². The predicted octanol–water partition coefficient (Wildman–Crippen LogP) is 3.42. The van der Waals surface area contributed by atoms with Crippen LogP contribution in [0.15, 0.2) is 29.8 Å². The molecule has 1 atom stereocenters. The lowest BCUT2D eigenvalue weighted by molar-refractivity contribution is 0.0951. The van der Waals surface area contributed by atoms with Crippen LogP contribution in [0.4, 0.5) is 5.69 Å². The molecule has 0 aliphatic rings. The molecule has 0 aliphatic carbocycles. The highest BCUT2D eigenvalue weighted by atomic mass is 32.1. The molecule has 2 rings (SSSR count). The average Bonchev–Trinajstić information content (AvgIpc) is 2.99. The second-order valence-corrected chi connectivity index (χ2v) is 5.97. The van der Waals surface area contributed by atoms with Gasteiger partial charge in [-0.15, -0.1) is 11.3 Å². The summed E-state index contributed by atoms with van der Waals surface area (Å²) in [5.74, 6) is 0.203. The molecule has 1 aromatic carbocycles. The van der Waals surface area contributed by atoms with Crippen molar-refractivity contribution in [3.63, 3.8) is 0 Å². The van der Waals surface area contributed by atoms with Crippen LogP contribution >= 0.6 is 11.3 Å². The summed E-state index contributed by atoms with van der Waals surface area (Å²) in [6.07, 6.45) is 1.79. The minimum absolute atomic E-state index is 0.0287. The third-order valence-electron chi connectivity index (χ3n) is 3.29. The molecule has 0 saturated heterocycles. The molecule has 112 valence electrons. The van der Waals surface area contributed by atoms with Gasteiger partial charge in [-0.1, -0.05) is 6.92 Å². The smallest absolute Gasteiger partial charge is 0.251 e. The maximum atomic E-state index is 12.3. The summed E-state index contributed by atoms with van der Waals surface area (Å²) in [5, 5.41) is 9.24. The predicted molar refractivity (Wildman–Crippen MR) is 88.2 cm³/mol. The van der Waals surface area contributed by atoms with Crippen molar-refractivity contribution in [2.45, 2.75) is 26.7 Å². The Hall–Kier alpha value is -1.88. The van der Waals surface area contributed by atoms with Crippen molar-refractivity contribution in [1.29, 1.82) is 0 Å². The van der Waals surface area contributed by atoms with Crippen molar-refractivity contribution >= 4 is 22.9 Å². The second kappa shape index (κ2) is 7.22. The van der Waals surface area contributed by atoms with Gasteiger partial charge in [0.1, 0.15) is 0 Å². The van der Waals surface area contributed by atoms with Gasteiger partial charge in [-0.3, -0.25) is 4.79 Å². The Bertz CT molecular complexity index is 596. The number of rotatable bonds is 6. The first-order chi connectivity index (χ1) is 10.1. The fourth-order valence-corrected chi connectivity index (χ4v) is 2.84. The molecule has 0 aliphatic heterocycles. The van der Waals surface area contributed by atoms with Crippen LogP contribution in [0, 0.1) is 6.92 Å². The number of benzene rings is 1. The van der Waals surface area contributed by atoms with E-state index in [1.54, 1.807) is 17.5 Å². The fraction of sp³-hybridized carbons (Fsp3) is 0.375. The van der Waals surface area contributed by atoms with E-state index in [4.69, 9.17) is 0 Å². The number of amides is 1. The Morgan fingerprint density at radius 2 is 2.24 bits per heavy atom. The zero-order chi connectivity index (χ0) is 15.2. The van der Waals surface area contributed by atoms with Crippen LogP contribution in [0.2, 0.25) is 0 Å². The Labute approximate surface area is 129 Å². The standard InChI is InChI=1S/C16H21N3OS/c1-4-17-13-5-6-14(11(2)9-13)15(20)19-10-12(3)16-18-7-8-21-16/h5-9,12,17H,4,10H2,1-3H3,(H,19,20). The topological polar surface area (TPSA) is 54.0 Å². The highest BCUT2D eigenvalue weighted by molar-refractivity contribution is 7.09. The van der Waals surface area contributed by atoms with E-state index >= 15 is 0 Å². The summed E-state index contributed by atoms with van der Waals surface area (Å²) in [4.78, 5) is 16.5. The number of carbonyl (C=O) groups excluding carboxylic acids is 1. The number of hydrogen-bond acceptors (Lipinski definition) is 4. The number of thiazole rings is 1. The molecular weight excluding hydrogens is 282 g/mol. The van der Waals surface area contributed by atoms with Crippen molar-refractivity contribution in [2.75, 3.05) is 18.4 Å². The number of carbonyl (C=O) groups is 1. The molecule has 1 aromatic heterocycles. The molecule has 5 heteroatoms. The number of aromatic nitrogens is 1. The van der Waals surface area contributed by atoms with Crippen LogP contribution in [0.1, 0.15) is 40.7 Å². The van der Waals surface area contributed by atoms with E-state index in [0.29, 0.717) is 6.54 Å². The van der Waals surface area contributed by atoms with Crippen molar-refractivity contribution in [1.82, 2.24) is 10.3 Å². The van der Waals surface area contributed by atoms with E-state index in [-0.39, 0.29) is 11.8 Å². The molecule has 1 heterocycles. The molecule has 0 fully saturated rings. The first-order valence-corrected chi connectivity index (χ1v) is 8.02. The van der Waals surface area contributed by atoms with Gasteiger partial charge in [0.15, 0.2) is 0 Å². The maximum Gasteiger partial charge on any atom is 0.251 e. The zero-order valence-electron chi connectivity index (χ0n) is 12.6. The average molecular weight is 303 g/mol. The van der Waals surface area contributed by atoms with Gasteiger partial charge in [0.2, 0.25) is 0 Å². The minimum Gasteiger partial charge on any atom is -0.385 e. The molecule has 2 aromatic rings. The van der Waals surface area contributed by atoms with Gasteiger partial charge < -0.3 is 10.6 Å². The third-order valence-corrected chi connectivity index (χ3v) is 4.30. The van der Waals surface area contributed by atoms with Gasteiger partial charge in [-0.25, -0.2) is 4.98 Å². The Kier molecular flexibility index (Phi) is 5.33. The summed E-state index contributed by atoms with van der Waals surface area (Å²) in [6, 6.07) is 5.81. The SMILES string of the molecule is CCNc1ccc(C(=O)NCC(C)c2nccs2)c(C)c1. The Balaban J connectivity index is 1.97. The number of anilines is 1. The molecule has 0 saturated carbocycles. The zero-order valence-corrected chi connectivity index (χ0v) is 13.5. The molecule has 0 bridgehead atoms. The second-order valence-electron chi connectivity index (χ2n) is 5.04. The maximum absolute atomic E-state index is 12.3. The fourth-order valence-electron chi connectivity index (χ4n) is 2.14. The van der Waals surface area contributed by atoms with Gasteiger partial charge in [0.05, 0.1) is 5.01 Å². The van der Waals surface area contributed by atoms with Crippen LogP contribution in [0.3, 0.4) is 0 Å². The van der Waals surface area contributed by atoms with E-state index in [9.17, 15) is 4.79 Å². The minimum atomic E-state index is -0.0287. The molecule has 4 nitrogen and oxygen atoms in total. The highest BCUT2D eigenvalue weighted by Gasteiger charge is 2.13. The van der Waals surface area contributed by atoms with E-state index in [1.807, 2.05) is 30.5 Å². The van der Waals surface area contributed by atoms with Crippen LogP contribution in [-0.2, 0) is 0 Å². The molecule has 21 heavy (non-hydrogen) atoms.